The van der Waals surface area contributed by atoms with Gasteiger partial charge in [0.25, 0.3) is 5.91 Å². The predicted octanol–water partition coefficient (Wildman–Crippen LogP) is 2.92. The van der Waals surface area contributed by atoms with E-state index in [-0.39, 0.29) is 5.91 Å². The highest BCUT2D eigenvalue weighted by molar-refractivity contribution is 5.95. The molecule has 5 heteroatoms. The number of aryl methyl sites for hydroxylation is 3. The number of hydrogen-bond donors (Lipinski definition) is 0. The Kier molecular flexibility index (Phi) is 5.30. The standard InChI is InChI=1S/C22H30N4O/c1-3-10-26-16-21(17(2)23-26)22(27)25-13-11-24(12-14-25)20-9-8-18-6-4-5-7-19(18)15-20/h4-7,16,20H,3,8-15H2,1-2H3. The number of nitrogens with zero attached hydrogens (tertiary/aromatic N) is 4. The zero-order valence-corrected chi connectivity index (χ0v) is 16.5. The molecule has 2 aromatic rings. The van der Waals surface area contributed by atoms with Gasteiger partial charge in [-0.05, 0) is 43.7 Å². The number of aromatic nitrogens is 2. The van der Waals surface area contributed by atoms with Gasteiger partial charge in [-0.3, -0.25) is 14.4 Å². The molecule has 2 aliphatic rings. The zero-order chi connectivity index (χ0) is 18.8. The summed E-state index contributed by atoms with van der Waals surface area (Å²) in [6, 6.07) is 9.46. The molecule has 1 aromatic heterocycles. The molecule has 0 N–H and O–H groups in total. The fourth-order valence-corrected chi connectivity index (χ4v) is 4.52. The second kappa shape index (κ2) is 7.85. The summed E-state index contributed by atoms with van der Waals surface area (Å²) in [5, 5.41) is 4.48. The third-order valence-electron chi connectivity index (χ3n) is 6.07. The van der Waals surface area contributed by atoms with Crippen molar-refractivity contribution < 1.29 is 4.79 Å². The Balaban J connectivity index is 1.36. The first-order valence-corrected chi connectivity index (χ1v) is 10.3. The summed E-state index contributed by atoms with van der Waals surface area (Å²) in [5.74, 6) is 0.142. The molecule has 27 heavy (non-hydrogen) atoms. The lowest BCUT2D eigenvalue weighted by Crippen LogP contribution is -2.53. The van der Waals surface area contributed by atoms with Crippen molar-refractivity contribution in [2.24, 2.45) is 0 Å². The van der Waals surface area contributed by atoms with Crippen molar-refractivity contribution in [2.45, 2.75) is 52.1 Å². The van der Waals surface area contributed by atoms with Crippen LogP contribution in [0.2, 0.25) is 0 Å². The summed E-state index contributed by atoms with van der Waals surface area (Å²) in [6.07, 6.45) is 6.50. The summed E-state index contributed by atoms with van der Waals surface area (Å²) in [6.45, 7) is 8.51. The van der Waals surface area contributed by atoms with E-state index in [1.165, 1.54) is 24.0 Å². The van der Waals surface area contributed by atoms with Gasteiger partial charge in [0, 0.05) is 45.0 Å². The molecule has 1 fully saturated rings. The quantitative estimate of drug-likeness (QED) is 0.835. The second-order valence-electron chi connectivity index (χ2n) is 7.88. The van der Waals surface area contributed by atoms with Gasteiger partial charge in [-0.15, -0.1) is 0 Å². The maximum atomic E-state index is 12.9. The van der Waals surface area contributed by atoms with Crippen LogP contribution in [0.5, 0.6) is 0 Å². The smallest absolute Gasteiger partial charge is 0.257 e. The van der Waals surface area contributed by atoms with Gasteiger partial charge in [-0.25, -0.2) is 0 Å². The summed E-state index contributed by atoms with van der Waals surface area (Å²) in [5.41, 5.74) is 4.64. The Bertz CT molecular complexity index is 804. The Hall–Kier alpha value is -2.14. The first-order chi connectivity index (χ1) is 13.2. The van der Waals surface area contributed by atoms with Crippen molar-refractivity contribution in [3.8, 4) is 0 Å². The highest BCUT2D eigenvalue weighted by Crippen LogP contribution is 2.25. The topological polar surface area (TPSA) is 41.4 Å². The predicted molar refractivity (Wildman–Crippen MR) is 107 cm³/mol. The lowest BCUT2D eigenvalue weighted by molar-refractivity contribution is 0.0552. The molecule has 4 rings (SSSR count). The van der Waals surface area contributed by atoms with Crippen molar-refractivity contribution in [1.29, 1.82) is 0 Å². The van der Waals surface area contributed by atoms with Gasteiger partial charge in [0.15, 0.2) is 0 Å². The Labute approximate surface area is 162 Å². The summed E-state index contributed by atoms with van der Waals surface area (Å²) in [7, 11) is 0. The van der Waals surface area contributed by atoms with Crippen molar-refractivity contribution in [2.75, 3.05) is 26.2 Å². The molecule has 1 unspecified atom stereocenters. The number of amides is 1. The van der Waals surface area contributed by atoms with Crippen molar-refractivity contribution in [3.05, 3.63) is 52.8 Å². The Morgan fingerprint density at radius 1 is 1.15 bits per heavy atom. The maximum Gasteiger partial charge on any atom is 0.257 e. The lowest BCUT2D eigenvalue weighted by Gasteiger charge is -2.41. The van der Waals surface area contributed by atoms with Crippen LogP contribution in [-0.4, -0.2) is 57.7 Å². The van der Waals surface area contributed by atoms with Gasteiger partial charge in [0.2, 0.25) is 0 Å². The average molecular weight is 367 g/mol. The molecule has 1 aliphatic heterocycles. The van der Waals surface area contributed by atoms with E-state index in [2.05, 4.69) is 41.2 Å². The average Bonchev–Trinajstić information content (AvgIpc) is 3.07. The van der Waals surface area contributed by atoms with E-state index < -0.39 is 0 Å². The van der Waals surface area contributed by atoms with Gasteiger partial charge in [-0.1, -0.05) is 31.2 Å². The Morgan fingerprint density at radius 2 is 1.89 bits per heavy atom. The minimum Gasteiger partial charge on any atom is -0.336 e. The molecule has 0 saturated carbocycles. The first-order valence-electron chi connectivity index (χ1n) is 10.3. The van der Waals surface area contributed by atoms with Gasteiger partial charge in [-0.2, -0.15) is 5.10 Å². The van der Waals surface area contributed by atoms with Crippen LogP contribution in [0.3, 0.4) is 0 Å². The molecule has 2 heterocycles. The molecule has 1 atom stereocenters. The first kappa shape index (κ1) is 18.2. The molecule has 1 amide bonds. The third kappa shape index (κ3) is 3.79. The molecule has 1 saturated heterocycles. The SMILES string of the molecule is CCCn1cc(C(=O)N2CCN(C3CCc4ccccc4C3)CC2)c(C)n1. The number of piperazine rings is 1. The van der Waals surface area contributed by atoms with Gasteiger partial charge in [0.05, 0.1) is 11.3 Å². The van der Waals surface area contributed by atoms with Crippen LogP contribution in [0.15, 0.2) is 30.5 Å². The summed E-state index contributed by atoms with van der Waals surface area (Å²) < 4.78 is 1.90. The molecule has 1 aliphatic carbocycles. The van der Waals surface area contributed by atoms with E-state index in [4.69, 9.17) is 0 Å². The van der Waals surface area contributed by atoms with Gasteiger partial charge < -0.3 is 4.90 Å². The van der Waals surface area contributed by atoms with E-state index in [0.717, 1.165) is 56.8 Å². The number of rotatable bonds is 4. The van der Waals surface area contributed by atoms with Crippen LogP contribution in [0.1, 0.15) is 46.9 Å². The molecule has 0 spiro atoms. The highest BCUT2D eigenvalue weighted by Gasteiger charge is 2.29. The highest BCUT2D eigenvalue weighted by atomic mass is 16.2. The molecule has 0 bridgehead atoms. The summed E-state index contributed by atoms with van der Waals surface area (Å²) in [4.78, 5) is 17.5. The fraction of sp³-hybridized carbons (Fsp3) is 0.545. The number of hydrogen-bond acceptors (Lipinski definition) is 3. The van der Waals surface area contributed by atoms with Crippen LogP contribution in [0.25, 0.3) is 0 Å². The normalized spacial score (nSPS) is 20.5. The lowest BCUT2D eigenvalue weighted by atomic mass is 9.87. The maximum absolute atomic E-state index is 12.9. The van der Waals surface area contributed by atoms with Crippen LogP contribution >= 0.6 is 0 Å². The Morgan fingerprint density at radius 3 is 2.63 bits per heavy atom. The van der Waals surface area contributed by atoms with Crippen LogP contribution in [0.4, 0.5) is 0 Å². The van der Waals surface area contributed by atoms with Crippen LogP contribution in [-0.2, 0) is 19.4 Å². The van der Waals surface area contributed by atoms with E-state index in [1.54, 1.807) is 0 Å². The monoisotopic (exact) mass is 366 g/mol. The zero-order valence-electron chi connectivity index (χ0n) is 16.5. The molecule has 144 valence electrons. The van der Waals surface area contributed by atoms with Crippen LogP contribution < -0.4 is 0 Å². The van der Waals surface area contributed by atoms with E-state index in [1.807, 2.05) is 22.7 Å². The number of carbonyl (C=O) groups excluding carboxylic acids is 1. The molecule has 0 radical (unpaired) electrons. The van der Waals surface area contributed by atoms with Gasteiger partial charge in [0.1, 0.15) is 0 Å². The number of benzene rings is 1. The largest absolute Gasteiger partial charge is 0.336 e. The van der Waals surface area contributed by atoms with Gasteiger partial charge >= 0.3 is 0 Å². The van der Waals surface area contributed by atoms with Crippen LogP contribution in [0, 0.1) is 6.92 Å². The number of carbonyl (C=O) groups is 1. The van der Waals surface area contributed by atoms with Crippen molar-refractivity contribution in [1.82, 2.24) is 19.6 Å². The minimum atomic E-state index is 0.142. The molecular weight excluding hydrogens is 336 g/mol. The number of fused-ring (bicyclic) bond motifs is 1. The van der Waals surface area contributed by atoms with E-state index in [9.17, 15) is 4.79 Å². The third-order valence-corrected chi connectivity index (χ3v) is 6.07. The molecule has 5 nitrogen and oxygen atoms in total. The second-order valence-corrected chi connectivity index (χ2v) is 7.88. The van der Waals surface area contributed by atoms with E-state index >= 15 is 0 Å². The molecule has 1 aromatic carbocycles. The molecular formula is C22H30N4O. The summed E-state index contributed by atoms with van der Waals surface area (Å²) >= 11 is 0. The van der Waals surface area contributed by atoms with E-state index in [0.29, 0.717) is 6.04 Å². The van der Waals surface area contributed by atoms with Crippen molar-refractivity contribution in [3.63, 3.8) is 0 Å². The minimum absolute atomic E-state index is 0.142. The fourth-order valence-electron chi connectivity index (χ4n) is 4.52. The van der Waals surface area contributed by atoms with Crippen molar-refractivity contribution >= 4 is 5.91 Å².